The summed E-state index contributed by atoms with van der Waals surface area (Å²) in [6.45, 7) is 0. The van der Waals surface area contributed by atoms with Crippen molar-refractivity contribution >= 4 is 66.4 Å². The van der Waals surface area contributed by atoms with Crippen molar-refractivity contribution in [3.63, 3.8) is 0 Å². The summed E-state index contributed by atoms with van der Waals surface area (Å²) in [7, 11) is -1.45. The van der Waals surface area contributed by atoms with Crippen LogP contribution in [0.3, 0.4) is 0 Å². The zero-order valence-corrected chi connectivity index (χ0v) is 15.6. The van der Waals surface area contributed by atoms with Gasteiger partial charge < -0.3 is 10.0 Å². The third-order valence-electron chi connectivity index (χ3n) is 5.89. The first-order valence-electron chi connectivity index (χ1n) is 9.74. The van der Waals surface area contributed by atoms with E-state index in [9.17, 15) is 10.0 Å². The van der Waals surface area contributed by atoms with E-state index in [4.69, 9.17) is 0 Å². The molecule has 0 aromatic heterocycles. The molecule has 3 heteroatoms. The zero-order valence-electron chi connectivity index (χ0n) is 15.6. The second-order valence-electron chi connectivity index (χ2n) is 7.78. The van der Waals surface area contributed by atoms with Gasteiger partial charge in [0.1, 0.15) is 0 Å². The van der Waals surface area contributed by atoms with Crippen LogP contribution in [-0.4, -0.2) is 17.2 Å². The van der Waals surface area contributed by atoms with Gasteiger partial charge in [-0.2, -0.15) is 0 Å². The molecule has 6 rings (SSSR count). The summed E-state index contributed by atoms with van der Waals surface area (Å²) in [6, 6.07) is 31.8. The normalized spacial score (nSPS) is 11.8. The smallest absolute Gasteiger partial charge is 0.423 e. The van der Waals surface area contributed by atoms with Crippen LogP contribution in [0, 0.1) is 0 Å². The molecular formula is C26H17BO2. The van der Waals surface area contributed by atoms with Crippen molar-refractivity contribution in [1.82, 2.24) is 0 Å². The Morgan fingerprint density at radius 2 is 0.724 bits per heavy atom. The SMILES string of the molecule is OB(O)c1ccc2cc3cc4cc5cc6ccccc6cc5cc4cc3cc2c1. The Morgan fingerprint density at radius 1 is 0.379 bits per heavy atom. The van der Waals surface area contributed by atoms with Gasteiger partial charge in [-0.05, 0) is 108 Å². The van der Waals surface area contributed by atoms with Gasteiger partial charge in [-0.15, -0.1) is 0 Å². The van der Waals surface area contributed by atoms with E-state index in [-0.39, 0.29) is 0 Å². The van der Waals surface area contributed by atoms with Gasteiger partial charge in [0.05, 0.1) is 0 Å². The summed E-state index contributed by atoms with van der Waals surface area (Å²) < 4.78 is 0. The first-order chi connectivity index (χ1) is 14.1. The minimum Gasteiger partial charge on any atom is -0.423 e. The molecule has 29 heavy (non-hydrogen) atoms. The van der Waals surface area contributed by atoms with Crippen molar-refractivity contribution in [1.29, 1.82) is 0 Å². The van der Waals surface area contributed by atoms with Crippen LogP contribution in [0.4, 0.5) is 0 Å². The lowest BCUT2D eigenvalue weighted by Crippen LogP contribution is -2.29. The van der Waals surface area contributed by atoms with Crippen molar-refractivity contribution in [3.05, 3.63) is 91.0 Å². The molecule has 136 valence electrons. The number of rotatable bonds is 1. The fraction of sp³-hybridized carbons (Fsp3) is 0. The standard InChI is InChI=1S/C26H17BO2/c28-27(29)26-6-5-18-9-21-12-22-10-19-7-16-3-1-2-4-17(16)8-20(19)11-23(22)13-24(21)14-25(18)15-26/h1-15,28-29H. The molecule has 6 aromatic rings. The first-order valence-corrected chi connectivity index (χ1v) is 9.74. The van der Waals surface area contributed by atoms with Crippen LogP contribution in [0.1, 0.15) is 0 Å². The van der Waals surface area contributed by atoms with E-state index in [2.05, 4.69) is 72.8 Å². The molecule has 0 amide bonds. The lowest BCUT2D eigenvalue weighted by molar-refractivity contribution is 0.426. The zero-order chi connectivity index (χ0) is 19.5. The van der Waals surface area contributed by atoms with Crippen molar-refractivity contribution in [2.24, 2.45) is 0 Å². The maximum atomic E-state index is 9.47. The molecular weight excluding hydrogens is 355 g/mol. The highest BCUT2D eigenvalue weighted by Crippen LogP contribution is 2.31. The summed E-state index contributed by atoms with van der Waals surface area (Å²) in [5.41, 5.74) is 0.510. The third-order valence-corrected chi connectivity index (χ3v) is 5.89. The van der Waals surface area contributed by atoms with E-state index in [1.165, 1.54) is 37.7 Å². The fourth-order valence-corrected chi connectivity index (χ4v) is 4.37. The second-order valence-corrected chi connectivity index (χ2v) is 7.78. The minimum atomic E-state index is -1.45. The molecule has 6 aromatic carbocycles. The van der Waals surface area contributed by atoms with Crippen LogP contribution in [0.15, 0.2) is 91.0 Å². The Bertz CT molecular complexity index is 1580. The van der Waals surface area contributed by atoms with Gasteiger partial charge in [0.15, 0.2) is 0 Å². The largest absolute Gasteiger partial charge is 0.488 e. The molecule has 2 N–H and O–H groups in total. The van der Waals surface area contributed by atoms with Crippen LogP contribution < -0.4 is 5.46 Å². The lowest BCUT2D eigenvalue weighted by Gasteiger charge is -2.09. The molecule has 0 fully saturated rings. The highest BCUT2D eigenvalue weighted by Gasteiger charge is 2.11. The second kappa shape index (κ2) is 6.05. The van der Waals surface area contributed by atoms with Crippen molar-refractivity contribution in [2.75, 3.05) is 0 Å². The lowest BCUT2D eigenvalue weighted by atomic mass is 9.79. The van der Waals surface area contributed by atoms with Crippen LogP contribution in [0.2, 0.25) is 0 Å². The molecule has 0 aliphatic heterocycles. The van der Waals surface area contributed by atoms with Crippen LogP contribution in [-0.2, 0) is 0 Å². The molecule has 0 spiro atoms. The van der Waals surface area contributed by atoms with Gasteiger partial charge in [0, 0.05) is 0 Å². The van der Waals surface area contributed by atoms with E-state index in [0.717, 1.165) is 16.2 Å². The molecule has 0 saturated carbocycles. The highest BCUT2D eigenvalue weighted by atomic mass is 16.4. The van der Waals surface area contributed by atoms with E-state index in [1.54, 1.807) is 6.07 Å². The summed E-state index contributed by atoms with van der Waals surface area (Å²) in [6.07, 6.45) is 0. The van der Waals surface area contributed by atoms with Crippen LogP contribution in [0.25, 0.3) is 53.9 Å². The molecule has 0 atom stereocenters. The number of hydrogen-bond donors (Lipinski definition) is 2. The monoisotopic (exact) mass is 372 g/mol. The predicted octanol–water partition coefficient (Wildman–Crippen LogP) is 5.13. The molecule has 2 nitrogen and oxygen atoms in total. The minimum absolute atomic E-state index is 0.510. The first kappa shape index (κ1) is 16.5. The summed E-state index contributed by atoms with van der Waals surface area (Å²) >= 11 is 0. The Labute approximate surface area is 167 Å². The van der Waals surface area contributed by atoms with Gasteiger partial charge in [-0.3, -0.25) is 0 Å². The van der Waals surface area contributed by atoms with Gasteiger partial charge in [-0.1, -0.05) is 42.5 Å². The van der Waals surface area contributed by atoms with Crippen LogP contribution in [0.5, 0.6) is 0 Å². The van der Waals surface area contributed by atoms with E-state index >= 15 is 0 Å². The Morgan fingerprint density at radius 3 is 1.14 bits per heavy atom. The molecule has 0 radical (unpaired) electrons. The Kier molecular flexibility index (Phi) is 3.45. The molecule has 0 aliphatic carbocycles. The maximum Gasteiger partial charge on any atom is 0.488 e. The van der Waals surface area contributed by atoms with Crippen molar-refractivity contribution < 1.29 is 10.0 Å². The maximum absolute atomic E-state index is 9.47. The van der Waals surface area contributed by atoms with Gasteiger partial charge in [0.25, 0.3) is 0 Å². The number of fused-ring (bicyclic) bond motifs is 5. The molecule has 0 aliphatic rings. The molecule has 0 heterocycles. The van der Waals surface area contributed by atoms with Gasteiger partial charge >= 0.3 is 7.12 Å². The average molecular weight is 372 g/mol. The third kappa shape index (κ3) is 2.67. The van der Waals surface area contributed by atoms with E-state index in [0.29, 0.717) is 5.46 Å². The van der Waals surface area contributed by atoms with Crippen molar-refractivity contribution in [2.45, 2.75) is 0 Å². The van der Waals surface area contributed by atoms with E-state index < -0.39 is 7.12 Å². The van der Waals surface area contributed by atoms with E-state index in [1.807, 2.05) is 12.1 Å². The average Bonchev–Trinajstić information content (AvgIpc) is 2.73. The molecule has 0 bridgehead atoms. The highest BCUT2D eigenvalue weighted by molar-refractivity contribution is 6.58. The Balaban J connectivity index is 1.64. The Hall–Kier alpha value is -3.40. The van der Waals surface area contributed by atoms with Gasteiger partial charge in [0.2, 0.25) is 0 Å². The predicted molar refractivity (Wildman–Crippen MR) is 124 cm³/mol. The van der Waals surface area contributed by atoms with Gasteiger partial charge in [-0.25, -0.2) is 0 Å². The number of benzene rings is 6. The topological polar surface area (TPSA) is 40.5 Å². The van der Waals surface area contributed by atoms with Crippen LogP contribution >= 0.6 is 0 Å². The van der Waals surface area contributed by atoms with Crippen molar-refractivity contribution in [3.8, 4) is 0 Å². The fourth-order valence-electron chi connectivity index (χ4n) is 4.37. The number of hydrogen-bond acceptors (Lipinski definition) is 2. The molecule has 0 unspecified atom stereocenters. The summed E-state index contributed by atoms with van der Waals surface area (Å²) in [4.78, 5) is 0. The molecule has 0 saturated heterocycles. The summed E-state index contributed by atoms with van der Waals surface area (Å²) in [5, 5.41) is 30.8. The summed E-state index contributed by atoms with van der Waals surface area (Å²) in [5.74, 6) is 0. The quantitative estimate of drug-likeness (QED) is 0.310.